The highest BCUT2D eigenvalue weighted by molar-refractivity contribution is 5.20. The highest BCUT2D eigenvalue weighted by Gasteiger charge is 2.11. The van der Waals surface area contributed by atoms with Gasteiger partial charge in [-0.05, 0) is 38.5 Å². The molecule has 1 unspecified atom stereocenters. The predicted octanol–water partition coefficient (Wildman–Crippen LogP) is 2.46. The van der Waals surface area contributed by atoms with Crippen LogP contribution in [0.3, 0.4) is 0 Å². The Kier molecular flexibility index (Phi) is 4.10. The van der Waals surface area contributed by atoms with E-state index in [0.717, 1.165) is 13.1 Å². The number of nitrogens with zero attached hydrogens (tertiary/aromatic N) is 3. The van der Waals surface area contributed by atoms with Crippen LogP contribution in [0, 0.1) is 6.92 Å². The zero-order valence-corrected chi connectivity index (χ0v) is 11.2. The molecule has 2 rings (SSSR count). The molecule has 0 aliphatic carbocycles. The van der Waals surface area contributed by atoms with Gasteiger partial charge in [-0.3, -0.25) is 9.67 Å². The number of rotatable bonds is 5. The summed E-state index contributed by atoms with van der Waals surface area (Å²) in [7, 11) is 0. The molecule has 2 aromatic heterocycles. The van der Waals surface area contributed by atoms with Crippen molar-refractivity contribution in [1.82, 2.24) is 20.1 Å². The fourth-order valence-corrected chi connectivity index (χ4v) is 2.09. The second kappa shape index (κ2) is 5.78. The van der Waals surface area contributed by atoms with Crippen molar-refractivity contribution in [1.29, 1.82) is 0 Å². The van der Waals surface area contributed by atoms with Gasteiger partial charge in [0.2, 0.25) is 0 Å². The van der Waals surface area contributed by atoms with Gasteiger partial charge in [-0.2, -0.15) is 5.10 Å². The molecule has 18 heavy (non-hydrogen) atoms. The Hall–Kier alpha value is -1.68. The zero-order valence-electron chi connectivity index (χ0n) is 11.2. The number of aromatic nitrogens is 3. The monoisotopic (exact) mass is 244 g/mol. The first kappa shape index (κ1) is 12.8. The molecule has 1 N–H and O–H groups in total. The van der Waals surface area contributed by atoms with Gasteiger partial charge in [-0.1, -0.05) is 0 Å². The molecule has 2 aromatic rings. The molecule has 0 bridgehead atoms. The van der Waals surface area contributed by atoms with Crippen LogP contribution in [0.1, 0.15) is 36.7 Å². The predicted molar refractivity (Wildman–Crippen MR) is 72.1 cm³/mol. The van der Waals surface area contributed by atoms with E-state index in [1.165, 1.54) is 16.8 Å². The molecule has 4 nitrogen and oxygen atoms in total. The van der Waals surface area contributed by atoms with Crippen LogP contribution in [0.4, 0.5) is 0 Å². The summed E-state index contributed by atoms with van der Waals surface area (Å²) >= 11 is 0. The summed E-state index contributed by atoms with van der Waals surface area (Å²) in [4.78, 5) is 4.02. The number of aryl methyl sites for hydroxylation is 1. The van der Waals surface area contributed by atoms with Gasteiger partial charge in [0.15, 0.2) is 0 Å². The topological polar surface area (TPSA) is 42.7 Å². The minimum Gasteiger partial charge on any atom is -0.306 e. The maximum atomic E-state index is 4.38. The molecule has 0 fully saturated rings. The van der Waals surface area contributed by atoms with Crippen molar-refractivity contribution < 1.29 is 0 Å². The lowest BCUT2D eigenvalue weighted by atomic mass is 10.1. The molecule has 96 valence electrons. The van der Waals surface area contributed by atoms with E-state index in [4.69, 9.17) is 0 Å². The quantitative estimate of drug-likeness (QED) is 0.878. The van der Waals surface area contributed by atoms with Gasteiger partial charge < -0.3 is 5.32 Å². The number of pyridine rings is 1. The first-order chi connectivity index (χ1) is 8.72. The number of hydrogen-bond donors (Lipinski definition) is 1. The second-order valence-corrected chi connectivity index (χ2v) is 4.46. The van der Waals surface area contributed by atoms with Crippen LogP contribution in [0.5, 0.6) is 0 Å². The number of hydrogen-bond acceptors (Lipinski definition) is 3. The van der Waals surface area contributed by atoms with Crippen LogP contribution >= 0.6 is 0 Å². The third-order valence-corrected chi connectivity index (χ3v) is 3.27. The van der Waals surface area contributed by atoms with Crippen molar-refractivity contribution in [2.45, 2.75) is 39.9 Å². The van der Waals surface area contributed by atoms with Crippen LogP contribution in [0.15, 0.2) is 30.7 Å². The molecule has 0 radical (unpaired) electrons. The lowest BCUT2D eigenvalue weighted by Gasteiger charge is -2.13. The lowest BCUT2D eigenvalue weighted by Crippen LogP contribution is -2.18. The van der Waals surface area contributed by atoms with Gasteiger partial charge in [0.25, 0.3) is 0 Å². The molecule has 4 heteroatoms. The first-order valence-electron chi connectivity index (χ1n) is 6.37. The van der Waals surface area contributed by atoms with Crippen LogP contribution in [0.25, 0.3) is 0 Å². The van der Waals surface area contributed by atoms with Crippen LogP contribution in [-0.4, -0.2) is 14.8 Å². The Balaban J connectivity index is 1.99. The summed E-state index contributed by atoms with van der Waals surface area (Å²) in [5, 5.41) is 7.89. The lowest BCUT2D eigenvalue weighted by molar-refractivity contribution is 0.567. The molecule has 0 aromatic carbocycles. The summed E-state index contributed by atoms with van der Waals surface area (Å²) < 4.78 is 2.03. The van der Waals surface area contributed by atoms with Crippen molar-refractivity contribution in [3.63, 3.8) is 0 Å². The molecular weight excluding hydrogens is 224 g/mol. The fraction of sp³-hybridized carbons (Fsp3) is 0.429. The molecule has 2 heterocycles. The Bertz CT molecular complexity index is 490. The van der Waals surface area contributed by atoms with Crippen LogP contribution in [-0.2, 0) is 13.1 Å². The smallest absolute Gasteiger partial charge is 0.0540 e. The molecule has 0 saturated heterocycles. The second-order valence-electron chi connectivity index (χ2n) is 4.46. The summed E-state index contributed by atoms with van der Waals surface area (Å²) in [5.74, 6) is 0. The SMILES string of the molecule is CCn1ncc(C(C)NCc2ccncc2)c1C. The fourth-order valence-electron chi connectivity index (χ4n) is 2.09. The molecule has 0 aliphatic rings. The summed E-state index contributed by atoms with van der Waals surface area (Å²) in [5.41, 5.74) is 3.76. The first-order valence-corrected chi connectivity index (χ1v) is 6.37. The Morgan fingerprint density at radius 1 is 1.33 bits per heavy atom. The normalized spacial score (nSPS) is 12.6. The molecule has 0 aliphatic heterocycles. The molecule has 0 amide bonds. The average Bonchev–Trinajstić information content (AvgIpc) is 2.78. The van der Waals surface area contributed by atoms with E-state index < -0.39 is 0 Å². The minimum absolute atomic E-state index is 0.304. The Morgan fingerprint density at radius 2 is 2.06 bits per heavy atom. The third kappa shape index (κ3) is 2.76. The summed E-state index contributed by atoms with van der Waals surface area (Å²) in [6.07, 6.45) is 5.60. The van der Waals surface area contributed by atoms with Gasteiger partial charge in [0.1, 0.15) is 0 Å². The van der Waals surface area contributed by atoms with Crippen molar-refractivity contribution in [3.8, 4) is 0 Å². The van der Waals surface area contributed by atoms with Gasteiger partial charge in [0, 0.05) is 42.8 Å². The van der Waals surface area contributed by atoms with Crippen LogP contribution < -0.4 is 5.32 Å². The van der Waals surface area contributed by atoms with E-state index in [-0.39, 0.29) is 0 Å². The molecule has 1 atom stereocenters. The van der Waals surface area contributed by atoms with Crippen molar-refractivity contribution in [3.05, 3.63) is 47.5 Å². The van der Waals surface area contributed by atoms with Gasteiger partial charge in [-0.25, -0.2) is 0 Å². The maximum absolute atomic E-state index is 4.38. The largest absolute Gasteiger partial charge is 0.306 e. The van der Waals surface area contributed by atoms with E-state index >= 15 is 0 Å². The average molecular weight is 244 g/mol. The van der Waals surface area contributed by atoms with Gasteiger partial charge in [0.05, 0.1) is 6.20 Å². The van der Waals surface area contributed by atoms with E-state index in [0.29, 0.717) is 6.04 Å². The van der Waals surface area contributed by atoms with Crippen molar-refractivity contribution >= 4 is 0 Å². The number of nitrogens with one attached hydrogen (secondary N) is 1. The summed E-state index contributed by atoms with van der Waals surface area (Å²) in [6, 6.07) is 4.36. The van der Waals surface area contributed by atoms with E-state index in [1.807, 2.05) is 35.4 Å². The van der Waals surface area contributed by atoms with Gasteiger partial charge in [-0.15, -0.1) is 0 Å². The highest BCUT2D eigenvalue weighted by atomic mass is 15.3. The highest BCUT2D eigenvalue weighted by Crippen LogP contribution is 2.17. The van der Waals surface area contributed by atoms with E-state index in [1.54, 1.807) is 0 Å². The Labute approximate surface area is 108 Å². The summed E-state index contributed by atoms with van der Waals surface area (Å²) in [6.45, 7) is 8.17. The van der Waals surface area contributed by atoms with Crippen LogP contribution in [0.2, 0.25) is 0 Å². The minimum atomic E-state index is 0.304. The molecule has 0 saturated carbocycles. The molecule has 0 spiro atoms. The Morgan fingerprint density at radius 3 is 2.67 bits per heavy atom. The molecular formula is C14H20N4. The van der Waals surface area contributed by atoms with Crippen molar-refractivity contribution in [2.24, 2.45) is 0 Å². The maximum Gasteiger partial charge on any atom is 0.0540 e. The van der Waals surface area contributed by atoms with E-state index in [2.05, 4.69) is 36.2 Å². The third-order valence-electron chi connectivity index (χ3n) is 3.27. The van der Waals surface area contributed by atoms with Crippen molar-refractivity contribution in [2.75, 3.05) is 0 Å². The standard InChI is InChI=1S/C14H20N4/c1-4-18-12(3)14(10-17-18)11(2)16-9-13-5-7-15-8-6-13/h5-8,10-11,16H,4,9H2,1-3H3. The zero-order chi connectivity index (χ0) is 13.0. The van der Waals surface area contributed by atoms with E-state index in [9.17, 15) is 0 Å². The van der Waals surface area contributed by atoms with Gasteiger partial charge >= 0.3 is 0 Å².